The number of ether oxygens (including phenoxy) is 1. The fourth-order valence-electron chi connectivity index (χ4n) is 0.916. The number of hydrogen-bond acceptors (Lipinski definition) is 3. The molecule has 0 aliphatic rings. The van der Waals surface area contributed by atoms with E-state index >= 15 is 0 Å². The van der Waals surface area contributed by atoms with Crippen molar-refractivity contribution < 1.29 is 18.3 Å². The molecule has 3 nitrogen and oxygen atoms in total. The molecular formula is C10H9F2NO2. The smallest absolute Gasteiger partial charge is 0.348 e. The van der Waals surface area contributed by atoms with Gasteiger partial charge in [-0.25, -0.2) is 13.6 Å². The predicted molar refractivity (Wildman–Crippen MR) is 50.6 cm³/mol. The van der Waals surface area contributed by atoms with Crippen molar-refractivity contribution in [2.75, 3.05) is 7.11 Å². The summed E-state index contributed by atoms with van der Waals surface area (Å²) in [6, 6.07) is 3.44. The van der Waals surface area contributed by atoms with Gasteiger partial charge in [-0.3, -0.25) is 4.99 Å². The number of carbonyl (C=O) groups is 1. The van der Waals surface area contributed by atoms with E-state index in [4.69, 9.17) is 0 Å². The highest BCUT2D eigenvalue weighted by Crippen LogP contribution is 2.09. The van der Waals surface area contributed by atoms with E-state index in [2.05, 4.69) is 9.73 Å². The fraction of sp³-hybridized carbons (Fsp3) is 0.200. The number of aliphatic imine (C=N–C) groups is 1. The highest BCUT2D eigenvalue weighted by atomic mass is 19.2. The molecular weight excluding hydrogens is 204 g/mol. The molecule has 0 N–H and O–H groups in total. The first-order chi connectivity index (χ1) is 7.13. The van der Waals surface area contributed by atoms with Crippen LogP contribution in [0.4, 0.5) is 8.78 Å². The van der Waals surface area contributed by atoms with Gasteiger partial charge >= 0.3 is 5.97 Å². The van der Waals surface area contributed by atoms with E-state index in [1.807, 2.05) is 0 Å². The summed E-state index contributed by atoms with van der Waals surface area (Å²) >= 11 is 0. The van der Waals surface area contributed by atoms with Gasteiger partial charge in [0, 0.05) is 0 Å². The number of nitrogens with zero attached hydrogens (tertiary/aromatic N) is 1. The molecule has 5 heteroatoms. The maximum Gasteiger partial charge on any atom is 0.348 e. The summed E-state index contributed by atoms with van der Waals surface area (Å²) < 4.78 is 29.5. The highest BCUT2D eigenvalue weighted by molar-refractivity contribution is 6.23. The van der Waals surface area contributed by atoms with Crippen LogP contribution in [-0.2, 0) is 16.1 Å². The quantitative estimate of drug-likeness (QED) is 0.566. The van der Waals surface area contributed by atoms with Crippen molar-refractivity contribution >= 4 is 12.2 Å². The molecule has 1 rings (SSSR count). The van der Waals surface area contributed by atoms with Crippen molar-refractivity contribution in [2.24, 2.45) is 4.99 Å². The molecule has 15 heavy (non-hydrogen) atoms. The summed E-state index contributed by atoms with van der Waals surface area (Å²) in [5, 5.41) is 0. The molecule has 0 aliphatic heterocycles. The van der Waals surface area contributed by atoms with Crippen LogP contribution in [-0.4, -0.2) is 19.3 Å². The molecule has 0 radical (unpaired) electrons. The largest absolute Gasteiger partial charge is 0.465 e. The molecule has 1 aromatic carbocycles. The van der Waals surface area contributed by atoms with Crippen molar-refractivity contribution in [3.8, 4) is 0 Å². The molecule has 0 fully saturated rings. The number of rotatable bonds is 3. The number of benzene rings is 1. The number of methoxy groups -OCH3 is 1. The molecule has 0 amide bonds. The Hall–Kier alpha value is -1.78. The molecule has 0 atom stereocenters. The number of esters is 1. The zero-order valence-corrected chi connectivity index (χ0v) is 8.04. The number of hydrogen-bond donors (Lipinski definition) is 0. The van der Waals surface area contributed by atoms with Gasteiger partial charge in [0.2, 0.25) is 0 Å². The van der Waals surface area contributed by atoms with E-state index in [9.17, 15) is 13.6 Å². The van der Waals surface area contributed by atoms with Gasteiger partial charge in [0.05, 0.1) is 13.7 Å². The Morgan fingerprint density at radius 1 is 1.47 bits per heavy atom. The molecule has 0 spiro atoms. The highest BCUT2D eigenvalue weighted by Gasteiger charge is 2.01. The third kappa shape index (κ3) is 3.46. The Kier molecular flexibility index (Phi) is 3.91. The first-order valence-corrected chi connectivity index (χ1v) is 4.15. The fourth-order valence-corrected chi connectivity index (χ4v) is 0.916. The lowest BCUT2D eigenvalue weighted by Gasteiger charge is -1.97. The molecule has 0 saturated heterocycles. The minimum atomic E-state index is -0.930. The Bertz CT molecular complexity index is 391. The van der Waals surface area contributed by atoms with Crippen molar-refractivity contribution in [3.63, 3.8) is 0 Å². The van der Waals surface area contributed by atoms with Crippen LogP contribution in [0.5, 0.6) is 0 Å². The van der Waals surface area contributed by atoms with Crippen LogP contribution >= 0.6 is 0 Å². The lowest BCUT2D eigenvalue weighted by molar-refractivity contribution is -0.132. The van der Waals surface area contributed by atoms with Gasteiger partial charge in [0.1, 0.15) is 6.21 Å². The van der Waals surface area contributed by atoms with Crippen molar-refractivity contribution in [1.82, 2.24) is 0 Å². The first kappa shape index (κ1) is 11.3. The predicted octanol–water partition coefficient (Wildman–Crippen LogP) is 1.71. The summed E-state index contributed by atoms with van der Waals surface area (Å²) in [4.78, 5) is 14.3. The van der Waals surface area contributed by atoms with Gasteiger partial charge < -0.3 is 4.74 Å². The first-order valence-electron chi connectivity index (χ1n) is 4.15. The topological polar surface area (TPSA) is 38.7 Å². The molecule has 0 bridgehead atoms. The minimum absolute atomic E-state index is 0.103. The summed E-state index contributed by atoms with van der Waals surface area (Å²) in [7, 11) is 1.23. The lowest BCUT2D eigenvalue weighted by atomic mass is 10.2. The molecule has 0 aliphatic carbocycles. The summed E-state index contributed by atoms with van der Waals surface area (Å²) in [5.41, 5.74) is 0.481. The van der Waals surface area contributed by atoms with Gasteiger partial charge in [-0.2, -0.15) is 0 Å². The van der Waals surface area contributed by atoms with Crippen LogP contribution in [0.3, 0.4) is 0 Å². The van der Waals surface area contributed by atoms with Crippen LogP contribution in [0.2, 0.25) is 0 Å². The summed E-state index contributed by atoms with van der Waals surface area (Å²) in [6.45, 7) is 0.103. The molecule has 0 unspecified atom stereocenters. The maximum atomic E-state index is 12.7. The van der Waals surface area contributed by atoms with Gasteiger partial charge in [0.15, 0.2) is 11.6 Å². The Labute approximate surface area is 85.4 Å². The van der Waals surface area contributed by atoms with E-state index in [1.54, 1.807) is 0 Å². The van der Waals surface area contributed by atoms with Gasteiger partial charge in [-0.05, 0) is 17.7 Å². The van der Waals surface area contributed by atoms with E-state index in [0.717, 1.165) is 18.3 Å². The maximum absolute atomic E-state index is 12.7. The molecule has 80 valence electrons. The lowest BCUT2D eigenvalue weighted by Crippen LogP contribution is -2.01. The second-order valence-corrected chi connectivity index (χ2v) is 2.74. The van der Waals surface area contributed by atoms with Crippen LogP contribution in [0.25, 0.3) is 0 Å². The third-order valence-electron chi connectivity index (χ3n) is 1.66. The van der Waals surface area contributed by atoms with Crippen molar-refractivity contribution in [3.05, 3.63) is 35.4 Å². The number of carbonyl (C=O) groups excluding carboxylic acids is 1. The zero-order chi connectivity index (χ0) is 11.3. The van der Waals surface area contributed by atoms with E-state index < -0.39 is 17.6 Å². The normalized spacial score (nSPS) is 10.6. The second-order valence-electron chi connectivity index (χ2n) is 2.74. The Morgan fingerprint density at radius 2 is 2.20 bits per heavy atom. The molecule has 1 aromatic rings. The van der Waals surface area contributed by atoms with Crippen molar-refractivity contribution in [1.29, 1.82) is 0 Å². The van der Waals surface area contributed by atoms with E-state index in [-0.39, 0.29) is 6.54 Å². The van der Waals surface area contributed by atoms with Crippen LogP contribution in [0.15, 0.2) is 23.2 Å². The molecule has 0 aromatic heterocycles. The van der Waals surface area contributed by atoms with E-state index in [0.29, 0.717) is 5.56 Å². The Balaban J connectivity index is 2.62. The average Bonchev–Trinajstić information content (AvgIpc) is 2.23. The van der Waals surface area contributed by atoms with E-state index in [1.165, 1.54) is 13.2 Å². The van der Waals surface area contributed by atoms with Crippen LogP contribution in [0, 0.1) is 11.6 Å². The number of halogens is 2. The van der Waals surface area contributed by atoms with Gasteiger partial charge in [-0.15, -0.1) is 0 Å². The third-order valence-corrected chi connectivity index (χ3v) is 1.66. The second kappa shape index (κ2) is 5.19. The zero-order valence-electron chi connectivity index (χ0n) is 8.04. The van der Waals surface area contributed by atoms with Gasteiger partial charge in [-0.1, -0.05) is 6.07 Å². The molecule has 0 saturated carbocycles. The monoisotopic (exact) mass is 213 g/mol. The average molecular weight is 213 g/mol. The summed E-state index contributed by atoms with van der Waals surface area (Å²) in [6.07, 6.45) is 0.987. The van der Waals surface area contributed by atoms with Crippen LogP contribution in [0.1, 0.15) is 5.56 Å². The standard InChI is InChI=1S/C10H9F2NO2/c1-15-10(14)6-13-5-7-2-3-8(11)9(12)4-7/h2-4,6H,5H2,1H3. The SMILES string of the molecule is COC(=O)C=NCc1ccc(F)c(F)c1. The molecule has 0 heterocycles. The minimum Gasteiger partial charge on any atom is -0.465 e. The van der Waals surface area contributed by atoms with Crippen molar-refractivity contribution in [2.45, 2.75) is 6.54 Å². The van der Waals surface area contributed by atoms with Gasteiger partial charge in [0.25, 0.3) is 0 Å². The summed E-state index contributed by atoms with van der Waals surface area (Å²) in [5.74, 6) is -2.42. The van der Waals surface area contributed by atoms with Crippen LogP contribution < -0.4 is 0 Å². The Morgan fingerprint density at radius 3 is 2.80 bits per heavy atom.